The van der Waals surface area contributed by atoms with Crippen molar-refractivity contribution in [2.75, 3.05) is 7.11 Å². The number of para-hydroxylation sites is 2. The van der Waals surface area contributed by atoms with Crippen LogP contribution in [0.15, 0.2) is 43.0 Å². The third kappa shape index (κ3) is 3.35. The van der Waals surface area contributed by atoms with E-state index in [9.17, 15) is 22.0 Å². The quantitative estimate of drug-likeness (QED) is 0.592. The summed E-state index contributed by atoms with van der Waals surface area (Å²) in [6.45, 7) is 3.18. The molecule has 0 unspecified atom stereocenters. The predicted octanol–water partition coefficient (Wildman–Crippen LogP) is 4.57. The van der Waals surface area contributed by atoms with E-state index in [0.717, 1.165) is 6.08 Å². The molecule has 0 N–H and O–H groups in total. The van der Waals surface area contributed by atoms with Crippen LogP contribution in [0.25, 0.3) is 5.69 Å². The molecule has 0 atom stereocenters. The molecule has 0 spiro atoms. The fourth-order valence-electron chi connectivity index (χ4n) is 2.04. The van der Waals surface area contributed by atoms with E-state index in [0.29, 0.717) is 10.7 Å². The third-order valence-corrected chi connectivity index (χ3v) is 3.09. The van der Waals surface area contributed by atoms with Gasteiger partial charge in [0.05, 0.1) is 7.11 Å². The largest absolute Gasteiger partial charge is 0.494 e. The van der Waals surface area contributed by atoms with Crippen molar-refractivity contribution in [2.45, 2.75) is 18.5 Å². The van der Waals surface area contributed by atoms with Crippen molar-refractivity contribution in [2.24, 2.45) is 0 Å². The van der Waals surface area contributed by atoms with Crippen LogP contribution < -0.4 is 4.74 Å². The Bertz CT molecular complexity index is 706. The number of halogens is 5. The van der Waals surface area contributed by atoms with Crippen molar-refractivity contribution < 1.29 is 26.7 Å². The zero-order valence-corrected chi connectivity index (χ0v) is 12.1. The monoisotopic (exact) mass is 332 g/mol. The highest BCUT2D eigenvalue weighted by Gasteiger charge is 2.41. The number of methoxy groups -OCH3 is 1. The number of nitrogens with zero attached hydrogens (tertiary/aromatic N) is 2. The highest BCUT2D eigenvalue weighted by molar-refractivity contribution is 5.47. The topological polar surface area (TPSA) is 27.1 Å². The smallest absolute Gasteiger partial charge is 0.433 e. The molecule has 0 bridgehead atoms. The van der Waals surface area contributed by atoms with Crippen LogP contribution >= 0.6 is 0 Å². The van der Waals surface area contributed by atoms with Crippen LogP contribution in [0.4, 0.5) is 22.0 Å². The molecule has 0 fully saturated rings. The molecular weight excluding hydrogens is 319 g/mol. The van der Waals surface area contributed by atoms with E-state index in [-0.39, 0.29) is 11.4 Å². The molecule has 1 heterocycles. The fraction of sp³-hybridized carbons (Fsp3) is 0.267. The molecule has 3 nitrogen and oxygen atoms in total. The van der Waals surface area contributed by atoms with Gasteiger partial charge in [-0.1, -0.05) is 18.2 Å². The molecular formula is C15H13F5N2O. The minimum absolute atomic E-state index is 0.0806. The molecule has 0 radical (unpaired) electrons. The van der Waals surface area contributed by atoms with E-state index in [1.807, 2.05) is 0 Å². The van der Waals surface area contributed by atoms with Gasteiger partial charge in [0.1, 0.15) is 22.8 Å². The Kier molecular flexibility index (Phi) is 4.44. The number of benzene rings is 1. The normalized spacial score (nSPS) is 12.3. The number of rotatable bonds is 5. The summed E-state index contributed by atoms with van der Waals surface area (Å²) in [7, 11) is 1.27. The molecule has 1 aromatic heterocycles. The average Bonchev–Trinajstić information content (AvgIpc) is 2.93. The lowest BCUT2D eigenvalue weighted by Crippen LogP contribution is -2.14. The first-order chi connectivity index (χ1) is 10.7. The number of hydrogen-bond donors (Lipinski definition) is 0. The first-order valence-corrected chi connectivity index (χ1v) is 6.50. The number of ether oxygens (including phenoxy) is 1. The Morgan fingerprint density at radius 3 is 2.43 bits per heavy atom. The van der Waals surface area contributed by atoms with Crippen LogP contribution in [0.1, 0.15) is 17.8 Å². The number of alkyl halides is 5. The van der Waals surface area contributed by atoms with E-state index in [4.69, 9.17) is 4.74 Å². The summed E-state index contributed by atoms with van der Waals surface area (Å²) < 4.78 is 72.8. The molecule has 0 saturated carbocycles. The molecule has 0 saturated heterocycles. The molecule has 0 aliphatic carbocycles. The van der Waals surface area contributed by atoms with E-state index in [1.165, 1.54) is 25.3 Å². The molecule has 1 aromatic carbocycles. The lowest BCUT2D eigenvalue weighted by molar-refractivity contribution is -0.142. The molecule has 0 amide bonds. The van der Waals surface area contributed by atoms with E-state index >= 15 is 0 Å². The van der Waals surface area contributed by atoms with Crippen LogP contribution in [0.2, 0.25) is 0 Å². The minimum atomic E-state index is -4.85. The van der Waals surface area contributed by atoms with Crippen molar-refractivity contribution in [3.8, 4) is 11.4 Å². The van der Waals surface area contributed by atoms with Crippen LogP contribution in [-0.4, -0.2) is 16.9 Å². The summed E-state index contributed by atoms with van der Waals surface area (Å²) in [5, 5.41) is 3.46. The Morgan fingerprint density at radius 2 is 1.87 bits per heavy atom. The summed E-state index contributed by atoms with van der Waals surface area (Å²) in [4.78, 5) is 0. The van der Waals surface area contributed by atoms with Gasteiger partial charge in [-0.05, 0) is 18.2 Å². The highest BCUT2D eigenvalue weighted by atomic mass is 19.4. The van der Waals surface area contributed by atoms with Gasteiger partial charge >= 0.3 is 6.18 Å². The number of allylic oxidation sites excluding steroid dienone is 1. The molecule has 8 heteroatoms. The molecule has 0 aliphatic rings. The predicted molar refractivity (Wildman–Crippen MR) is 73.8 cm³/mol. The zero-order valence-electron chi connectivity index (χ0n) is 12.1. The van der Waals surface area contributed by atoms with Crippen LogP contribution in [0, 0.1) is 0 Å². The Morgan fingerprint density at radius 1 is 1.22 bits per heavy atom. The standard InChI is InChI=1S/C15H13F5N2O/c1-3-8-14(16,17)12-9-13(15(18,19)20)22(21-12)10-6-4-5-7-11(10)23-2/h3-7,9H,1,8H2,2H3. The lowest BCUT2D eigenvalue weighted by Gasteiger charge is -2.13. The molecule has 23 heavy (non-hydrogen) atoms. The van der Waals surface area contributed by atoms with Crippen molar-refractivity contribution in [1.82, 2.24) is 9.78 Å². The van der Waals surface area contributed by atoms with Gasteiger partial charge in [0.15, 0.2) is 0 Å². The summed E-state index contributed by atoms with van der Waals surface area (Å²) >= 11 is 0. The minimum Gasteiger partial charge on any atom is -0.494 e. The maximum absolute atomic E-state index is 13.9. The second-order valence-corrected chi connectivity index (χ2v) is 4.69. The van der Waals surface area contributed by atoms with Gasteiger partial charge in [-0.2, -0.15) is 27.1 Å². The summed E-state index contributed by atoms with van der Waals surface area (Å²) in [6.07, 6.45) is -4.74. The maximum Gasteiger partial charge on any atom is 0.433 e. The van der Waals surface area contributed by atoms with E-state index in [2.05, 4.69) is 11.7 Å². The van der Waals surface area contributed by atoms with Crippen LogP contribution in [-0.2, 0) is 12.1 Å². The lowest BCUT2D eigenvalue weighted by atomic mass is 10.1. The van der Waals surface area contributed by atoms with Gasteiger partial charge in [-0.15, -0.1) is 6.58 Å². The number of aromatic nitrogens is 2. The van der Waals surface area contributed by atoms with Crippen molar-refractivity contribution in [1.29, 1.82) is 0 Å². The average molecular weight is 332 g/mol. The number of hydrogen-bond acceptors (Lipinski definition) is 2. The van der Waals surface area contributed by atoms with E-state index < -0.39 is 29.9 Å². The molecule has 2 aromatic rings. The Balaban J connectivity index is 2.67. The van der Waals surface area contributed by atoms with Crippen molar-refractivity contribution >= 4 is 0 Å². The molecule has 2 rings (SSSR count). The van der Waals surface area contributed by atoms with Gasteiger partial charge in [0, 0.05) is 6.42 Å². The third-order valence-electron chi connectivity index (χ3n) is 3.09. The van der Waals surface area contributed by atoms with Crippen LogP contribution in [0.5, 0.6) is 5.75 Å². The fourth-order valence-corrected chi connectivity index (χ4v) is 2.04. The Hall–Kier alpha value is -2.38. The van der Waals surface area contributed by atoms with Gasteiger partial charge in [-0.25, -0.2) is 4.68 Å². The SMILES string of the molecule is C=CCC(F)(F)c1cc(C(F)(F)F)n(-c2ccccc2OC)n1. The van der Waals surface area contributed by atoms with Crippen LogP contribution in [0.3, 0.4) is 0 Å². The summed E-state index contributed by atoms with van der Waals surface area (Å²) in [6, 6.07) is 6.07. The molecule has 0 aliphatic heterocycles. The van der Waals surface area contributed by atoms with Gasteiger partial charge in [0.2, 0.25) is 0 Å². The van der Waals surface area contributed by atoms with Gasteiger partial charge < -0.3 is 4.74 Å². The second-order valence-electron chi connectivity index (χ2n) is 4.69. The van der Waals surface area contributed by atoms with Gasteiger partial charge in [-0.3, -0.25) is 0 Å². The molecule has 124 valence electrons. The Labute approximate surface area is 129 Å². The van der Waals surface area contributed by atoms with Crippen molar-refractivity contribution in [3.63, 3.8) is 0 Å². The maximum atomic E-state index is 13.9. The summed E-state index contributed by atoms with van der Waals surface area (Å²) in [5.41, 5.74) is -2.36. The first-order valence-electron chi connectivity index (χ1n) is 6.50. The zero-order chi connectivity index (χ0) is 17.3. The second kappa shape index (κ2) is 6.02. The van der Waals surface area contributed by atoms with Crippen molar-refractivity contribution in [3.05, 3.63) is 54.4 Å². The van der Waals surface area contributed by atoms with Gasteiger partial charge in [0.25, 0.3) is 5.92 Å². The van der Waals surface area contributed by atoms with E-state index in [1.54, 1.807) is 6.07 Å². The summed E-state index contributed by atoms with van der Waals surface area (Å²) in [5.74, 6) is -3.46. The highest BCUT2D eigenvalue weighted by Crippen LogP contribution is 2.38. The first kappa shape index (κ1) is 17.0.